The molecule has 0 aromatic heterocycles. The van der Waals surface area contributed by atoms with Gasteiger partial charge in [0, 0.05) is 13.2 Å². The van der Waals surface area contributed by atoms with E-state index in [4.69, 9.17) is 14.6 Å². The minimum absolute atomic E-state index is 0.266. The van der Waals surface area contributed by atoms with E-state index in [-0.39, 0.29) is 6.61 Å². The lowest BCUT2D eigenvalue weighted by molar-refractivity contribution is 0.170. The molecule has 0 saturated carbocycles. The van der Waals surface area contributed by atoms with Gasteiger partial charge in [0.25, 0.3) is 0 Å². The van der Waals surface area contributed by atoms with Crippen molar-refractivity contribution >= 4 is 15.9 Å². The molecule has 1 aromatic rings. The molecule has 0 fully saturated rings. The average molecular weight is 358 g/mol. The number of aliphatic hydroxyl groups excluding tert-OH is 1. The molecule has 21 heavy (non-hydrogen) atoms. The predicted molar refractivity (Wildman–Crippen MR) is 86.9 cm³/mol. The summed E-state index contributed by atoms with van der Waals surface area (Å²) in [5, 5.41) is 12.6. The smallest absolute Gasteiger partial charge is 0.175 e. The number of halogens is 1. The summed E-state index contributed by atoms with van der Waals surface area (Å²) in [6.45, 7) is 5.38. The molecule has 0 radical (unpaired) electrons. The predicted octanol–water partition coefficient (Wildman–Crippen LogP) is 3.11. The van der Waals surface area contributed by atoms with Crippen molar-refractivity contribution < 1.29 is 14.6 Å². The summed E-state index contributed by atoms with van der Waals surface area (Å²) in [4.78, 5) is 0. The first-order valence-corrected chi connectivity index (χ1v) is 8.43. The largest absolute Gasteiger partial charge is 0.486 e. The van der Waals surface area contributed by atoms with Crippen LogP contribution < -0.4 is 14.8 Å². The average Bonchev–Trinajstić information content (AvgIpc) is 2.48. The van der Waals surface area contributed by atoms with Crippen LogP contribution in [0.15, 0.2) is 16.6 Å². The summed E-state index contributed by atoms with van der Waals surface area (Å²) in [6.07, 6.45) is 3.17. The minimum Gasteiger partial charge on any atom is -0.486 e. The van der Waals surface area contributed by atoms with Crippen molar-refractivity contribution in [1.29, 1.82) is 0 Å². The second-order valence-electron chi connectivity index (χ2n) is 5.40. The maximum atomic E-state index is 9.08. The number of ether oxygens (including phenoxy) is 2. The highest BCUT2D eigenvalue weighted by Gasteiger charge is 2.16. The summed E-state index contributed by atoms with van der Waals surface area (Å²) >= 11 is 3.54. The maximum absolute atomic E-state index is 9.08. The molecule has 0 bridgehead atoms. The third-order valence-corrected chi connectivity index (χ3v) is 4.24. The molecule has 2 rings (SSSR count). The van der Waals surface area contributed by atoms with Gasteiger partial charge >= 0.3 is 0 Å². The van der Waals surface area contributed by atoms with E-state index in [0.717, 1.165) is 48.3 Å². The zero-order chi connectivity index (χ0) is 15.1. The summed E-state index contributed by atoms with van der Waals surface area (Å²) in [5.74, 6) is 2.16. The van der Waals surface area contributed by atoms with Crippen molar-refractivity contribution in [2.24, 2.45) is 5.92 Å². The van der Waals surface area contributed by atoms with Crippen molar-refractivity contribution in [3.63, 3.8) is 0 Å². The van der Waals surface area contributed by atoms with Gasteiger partial charge in [0.15, 0.2) is 11.5 Å². The Morgan fingerprint density at radius 1 is 1.29 bits per heavy atom. The fourth-order valence-corrected chi connectivity index (χ4v) is 3.23. The Balaban J connectivity index is 1.89. The number of fused-ring (bicyclic) bond motifs is 1. The summed E-state index contributed by atoms with van der Waals surface area (Å²) in [6, 6.07) is 4.11. The Kier molecular flexibility index (Phi) is 6.80. The molecule has 0 saturated heterocycles. The van der Waals surface area contributed by atoms with Gasteiger partial charge in [-0.25, -0.2) is 0 Å². The molecular weight excluding hydrogens is 334 g/mol. The summed E-state index contributed by atoms with van der Waals surface area (Å²) < 4.78 is 12.2. The topological polar surface area (TPSA) is 50.7 Å². The van der Waals surface area contributed by atoms with E-state index in [1.807, 2.05) is 6.07 Å². The van der Waals surface area contributed by atoms with Crippen LogP contribution in [0, 0.1) is 5.92 Å². The van der Waals surface area contributed by atoms with Gasteiger partial charge in [0.1, 0.15) is 13.2 Å². The van der Waals surface area contributed by atoms with E-state index < -0.39 is 0 Å². The maximum Gasteiger partial charge on any atom is 0.175 e. The SMILES string of the molecule is CCCC(CCO)CNCc1cc(Br)c2c(c1)OCCO2. The van der Waals surface area contributed by atoms with Crippen LogP contribution in [0.4, 0.5) is 0 Å². The monoisotopic (exact) mass is 357 g/mol. The van der Waals surface area contributed by atoms with Crippen LogP contribution in [-0.4, -0.2) is 31.5 Å². The third-order valence-electron chi connectivity index (χ3n) is 3.65. The van der Waals surface area contributed by atoms with Gasteiger partial charge in [0.2, 0.25) is 0 Å². The van der Waals surface area contributed by atoms with Gasteiger partial charge in [-0.05, 0) is 58.9 Å². The number of nitrogens with one attached hydrogen (secondary N) is 1. The first-order chi connectivity index (χ1) is 10.2. The molecule has 5 heteroatoms. The summed E-state index contributed by atoms with van der Waals surface area (Å²) in [7, 11) is 0. The minimum atomic E-state index is 0.266. The van der Waals surface area contributed by atoms with Crippen molar-refractivity contribution in [2.45, 2.75) is 32.7 Å². The van der Waals surface area contributed by atoms with Crippen LogP contribution in [0.2, 0.25) is 0 Å². The molecule has 2 N–H and O–H groups in total. The molecule has 1 aliphatic heterocycles. The second kappa shape index (κ2) is 8.61. The molecule has 0 amide bonds. The van der Waals surface area contributed by atoms with Gasteiger partial charge in [-0.3, -0.25) is 0 Å². The van der Waals surface area contributed by atoms with Crippen molar-refractivity contribution in [3.8, 4) is 11.5 Å². The van der Waals surface area contributed by atoms with E-state index >= 15 is 0 Å². The highest BCUT2D eigenvalue weighted by Crippen LogP contribution is 2.38. The van der Waals surface area contributed by atoms with Crippen LogP contribution in [-0.2, 0) is 6.54 Å². The highest BCUT2D eigenvalue weighted by atomic mass is 79.9. The Morgan fingerprint density at radius 2 is 2.10 bits per heavy atom. The first kappa shape index (κ1) is 16.6. The van der Waals surface area contributed by atoms with E-state index in [9.17, 15) is 0 Å². The molecule has 118 valence electrons. The Morgan fingerprint density at radius 3 is 2.86 bits per heavy atom. The number of hydrogen-bond acceptors (Lipinski definition) is 4. The standard InChI is InChI=1S/C16H24BrNO3/c1-2-3-12(4-5-19)10-18-11-13-8-14(17)16-15(9-13)20-6-7-21-16/h8-9,12,18-19H,2-7,10-11H2,1H3. The fraction of sp³-hybridized carbons (Fsp3) is 0.625. The van der Waals surface area contributed by atoms with E-state index in [2.05, 4.69) is 34.2 Å². The fourth-order valence-electron chi connectivity index (χ4n) is 2.63. The lowest BCUT2D eigenvalue weighted by Gasteiger charge is -2.21. The van der Waals surface area contributed by atoms with Gasteiger partial charge < -0.3 is 19.9 Å². The van der Waals surface area contributed by atoms with E-state index in [1.54, 1.807) is 0 Å². The zero-order valence-electron chi connectivity index (χ0n) is 12.5. The number of aliphatic hydroxyl groups is 1. The first-order valence-electron chi connectivity index (χ1n) is 7.64. The molecule has 1 unspecified atom stereocenters. The van der Waals surface area contributed by atoms with Crippen molar-refractivity contribution in [1.82, 2.24) is 5.32 Å². The van der Waals surface area contributed by atoms with Crippen molar-refractivity contribution in [2.75, 3.05) is 26.4 Å². The summed E-state index contributed by atoms with van der Waals surface area (Å²) in [5.41, 5.74) is 1.17. The lowest BCUT2D eigenvalue weighted by Crippen LogP contribution is -2.23. The van der Waals surface area contributed by atoms with Crippen molar-refractivity contribution in [3.05, 3.63) is 22.2 Å². The number of rotatable bonds is 8. The van der Waals surface area contributed by atoms with E-state index in [0.29, 0.717) is 19.1 Å². The van der Waals surface area contributed by atoms with Gasteiger partial charge in [-0.2, -0.15) is 0 Å². The number of hydrogen-bond donors (Lipinski definition) is 2. The Labute approximate surface area is 135 Å². The quantitative estimate of drug-likeness (QED) is 0.750. The van der Waals surface area contributed by atoms with Crippen LogP contribution in [0.3, 0.4) is 0 Å². The molecule has 1 atom stereocenters. The Bertz CT molecular complexity index is 447. The van der Waals surface area contributed by atoms with Gasteiger partial charge in [-0.15, -0.1) is 0 Å². The van der Waals surface area contributed by atoms with Gasteiger partial charge in [-0.1, -0.05) is 13.3 Å². The molecule has 4 nitrogen and oxygen atoms in total. The third kappa shape index (κ3) is 4.87. The zero-order valence-corrected chi connectivity index (χ0v) is 14.1. The molecular formula is C16H24BrNO3. The normalized spacial score (nSPS) is 15.0. The van der Waals surface area contributed by atoms with E-state index in [1.165, 1.54) is 5.56 Å². The highest BCUT2D eigenvalue weighted by molar-refractivity contribution is 9.10. The van der Waals surface area contributed by atoms with Crippen LogP contribution in [0.5, 0.6) is 11.5 Å². The Hall–Kier alpha value is -0.780. The second-order valence-corrected chi connectivity index (χ2v) is 6.25. The van der Waals surface area contributed by atoms with Crippen LogP contribution >= 0.6 is 15.9 Å². The molecule has 0 aliphatic carbocycles. The molecule has 1 aliphatic rings. The van der Waals surface area contributed by atoms with Gasteiger partial charge in [0.05, 0.1) is 4.47 Å². The number of benzene rings is 1. The molecule has 1 heterocycles. The molecule has 0 spiro atoms. The molecule has 1 aromatic carbocycles. The van der Waals surface area contributed by atoms with Crippen LogP contribution in [0.25, 0.3) is 0 Å². The van der Waals surface area contributed by atoms with Crippen LogP contribution in [0.1, 0.15) is 31.7 Å². The lowest BCUT2D eigenvalue weighted by atomic mass is 10.0.